The lowest BCUT2D eigenvalue weighted by molar-refractivity contribution is -0.0152. The standard InChI is InChI=1S/C19H18FN3O2/c20-16-7-3-2-6-15(16)18-13-23(11-12-25-18)19(24)22-17-8-4-1-5-14(17)9-10-21/h1-8,18H,9,11-13H2,(H,22,24). The summed E-state index contributed by atoms with van der Waals surface area (Å²) in [5, 5.41) is 11.7. The van der Waals surface area contributed by atoms with E-state index >= 15 is 0 Å². The van der Waals surface area contributed by atoms with Gasteiger partial charge in [-0.1, -0.05) is 36.4 Å². The predicted molar refractivity (Wildman–Crippen MR) is 91.4 cm³/mol. The van der Waals surface area contributed by atoms with E-state index in [1.54, 1.807) is 41.3 Å². The van der Waals surface area contributed by atoms with Gasteiger partial charge < -0.3 is 15.0 Å². The molecule has 1 N–H and O–H groups in total. The Morgan fingerprint density at radius 2 is 2.04 bits per heavy atom. The molecule has 1 fully saturated rings. The number of nitriles is 1. The molecule has 0 radical (unpaired) electrons. The van der Waals surface area contributed by atoms with Gasteiger partial charge in [-0.05, 0) is 17.7 Å². The van der Waals surface area contributed by atoms with Gasteiger partial charge in [-0.2, -0.15) is 5.26 Å². The third-order valence-corrected chi connectivity index (χ3v) is 4.13. The highest BCUT2D eigenvalue weighted by Crippen LogP contribution is 2.25. The minimum Gasteiger partial charge on any atom is -0.370 e. The summed E-state index contributed by atoms with van der Waals surface area (Å²) in [5.41, 5.74) is 1.82. The van der Waals surface area contributed by atoms with Crippen LogP contribution in [-0.2, 0) is 11.2 Å². The molecule has 1 atom stereocenters. The van der Waals surface area contributed by atoms with Gasteiger partial charge in [0.15, 0.2) is 0 Å². The van der Waals surface area contributed by atoms with Gasteiger partial charge in [0.25, 0.3) is 0 Å². The summed E-state index contributed by atoms with van der Waals surface area (Å²) in [6, 6.07) is 15.4. The molecule has 1 unspecified atom stereocenters. The Morgan fingerprint density at radius 1 is 1.28 bits per heavy atom. The molecule has 0 bridgehead atoms. The van der Waals surface area contributed by atoms with Crippen LogP contribution >= 0.6 is 0 Å². The average molecular weight is 339 g/mol. The Labute approximate surface area is 145 Å². The fraction of sp³-hybridized carbons (Fsp3) is 0.263. The zero-order valence-electron chi connectivity index (χ0n) is 13.6. The van der Waals surface area contributed by atoms with Crippen molar-refractivity contribution in [3.8, 4) is 6.07 Å². The molecule has 0 saturated carbocycles. The van der Waals surface area contributed by atoms with Gasteiger partial charge in [-0.3, -0.25) is 0 Å². The fourth-order valence-electron chi connectivity index (χ4n) is 2.83. The van der Waals surface area contributed by atoms with Crippen LogP contribution in [0.4, 0.5) is 14.9 Å². The van der Waals surface area contributed by atoms with Crippen LogP contribution in [0.15, 0.2) is 48.5 Å². The van der Waals surface area contributed by atoms with Crippen LogP contribution in [0.1, 0.15) is 17.2 Å². The van der Waals surface area contributed by atoms with Crippen LogP contribution < -0.4 is 5.32 Å². The van der Waals surface area contributed by atoms with E-state index in [9.17, 15) is 9.18 Å². The van der Waals surface area contributed by atoms with Crippen molar-refractivity contribution in [2.24, 2.45) is 0 Å². The highest BCUT2D eigenvalue weighted by atomic mass is 19.1. The third-order valence-electron chi connectivity index (χ3n) is 4.13. The quantitative estimate of drug-likeness (QED) is 0.931. The molecule has 0 aliphatic carbocycles. The van der Waals surface area contributed by atoms with E-state index < -0.39 is 6.10 Å². The Hall–Kier alpha value is -2.91. The van der Waals surface area contributed by atoms with Crippen molar-refractivity contribution in [1.29, 1.82) is 5.26 Å². The number of ether oxygens (including phenoxy) is 1. The first-order valence-corrected chi connectivity index (χ1v) is 8.06. The first-order chi connectivity index (χ1) is 12.2. The number of halogens is 1. The van der Waals surface area contributed by atoms with Gasteiger partial charge >= 0.3 is 6.03 Å². The normalized spacial score (nSPS) is 17.0. The molecule has 5 nitrogen and oxygen atoms in total. The van der Waals surface area contributed by atoms with Crippen molar-refractivity contribution in [3.05, 3.63) is 65.5 Å². The first-order valence-electron chi connectivity index (χ1n) is 8.06. The fourth-order valence-corrected chi connectivity index (χ4v) is 2.83. The first kappa shape index (κ1) is 16.9. The summed E-state index contributed by atoms with van der Waals surface area (Å²) < 4.78 is 19.6. The van der Waals surface area contributed by atoms with Crippen molar-refractivity contribution in [3.63, 3.8) is 0 Å². The summed E-state index contributed by atoms with van der Waals surface area (Å²) in [6.07, 6.45) is -0.271. The number of nitrogens with one attached hydrogen (secondary N) is 1. The van der Waals surface area contributed by atoms with Gasteiger partial charge in [0.05, 0.1) is 25.6 Å². The minimum absolute atomic E-state index is 0.220. The Kier molecular flexibility index (Phi) is 5.26. The van der Waals surface area contributed by atoms with Crippen molar-refractivity contribution in [1.82, 2.24) is 4.90 Å². The van der Waals surface area contributed by atoms with Gasteiger partial charge in [0.2, 0.25) is 0 Å². The van der Waals surface area contributed by atoms with Crippen LogP contribution in [0.2, 0.25) is 0 Å². The topological polar surface area (TPSA) is 65.4 Å². The van der Waals surface area contributed by atoms with E-state index in [1.165, 1.54) is 6.07 Å². The number of hydrogen-bond acceptors (Lipinski definition) is 3. The molecule has 2 amide bonds. The molecule has 0 spiro atoms. The number of nitrogens with zero attached hydrogens (tertiary/aromatic N) is 2. The van der Waals surface area contributed by atoms with Gasteiger partial charge in [0.1, 0.15) is 11.9 Å². The van der Waals surface area contributed by atoms with Crippen LogP contribution in [0.25, 0.3) is 0 Å². The zero-order chi connectivity index (χ0) is 17.6. The van der Waals surface area contributed by atoms with Crippen molar-refractivity contribution < 1.29 is 13.9 Å². The largest absolute Gasteiger partial charge is 0.370 e. The van der Waals surface area contributed by atoms with Crippen LogP contribution in [-0.4, -0.2) is 30.6 Å². The zero-order valence-corrected chi connectivity index (χ0v) is 13.6. The summed E-state index contributed by atoms with van der Waals surface area (Å²) >= 11 is 0. The maximum atomic E-state index is 14.0. The molecule has 6 heteroatoms. The van der Waals surface area contributed by atoms with E-state index in [0.29, 0.717) is 24.4 Å². The van der Waals surface area contributed by atoms with Crippen LogP contribution in [0.3, 0.4) is 0 Å². The minimum atomic E-state index is -0.491. The smallest absolute Gasteiger partial charge is 0.322 e. The van der Waals surface area contributed by atoms with Crippen LogP contribution in [0.5, 0.6) is 0 Å². The highest BCUT2D eigenvalue weighted by Gasteiger charge is 2.27. The predicted octanol–water partition coefficient (Wildman–Crippen LogP) is 3.50. The molecule has 2 aromatic carbocycles. The lowest BCUT2D eigenvalue weighted by Crippen LogP contribution is -2.44. The summed E-state index contributed by atoms with van der Waals surface area (Å²) in [4.78, 5) is 14.2. The molecule has 3 rings (SSSR count). The van der Waals surface area contributed by atoms with Gasteiger partial charge in [-0.25, -0.2) is 9.18 Å². The Morgan fingerprint density at radius 3 is 2.84 bits per heavy atom. The summed E-state index contributed by atoms with van der Waals surface area (Å²) in [6.45, 7) is 1.04. The van der Waals surface area contributed by atoms with Gasteiger partial charge in [-0.15, -0.1) is 0 Å². The number of rotatable bonds is 3. The van der Waals surface area contributed by atoms with E-state index in [0.717, 1.165) is 5.56 Å². The van der Waals surface area contributed by atoms with Crippen molar-refractivity contribution in [2.45, 2.75) is 12.5 Å². The maximum Gasteiger partial charge on any atom is 0.322 e. The summed E-state index contributed by atoms with van der Waals surface area (Å²) in [5.74, 6) is -0.339. The summed E-state index contributed by atoms with van der Waals surface area (Å²) in [7, 11) is 0. The average Bonchev–Trinajstić information content (AvgIpc) is 2.64. The highest BCUT2D eigenvalue weighted by molar-refractivity contribution is 5.90. The molecular weight excluding hydrogens is 321 g/mol. The molecule has 2 aromatic rings. The number of para-hydroxylation sites is 1. The van der Waals surface area contributed by atoms with E-state index in [2.05, 4.69) is 11.4 Å². The van der Waals surface area contributed by atoms with Crippen molar-refractivity contribution in [2.75, 3.05) is 25.0 Å². The van der Waals surface area contributed by atoms with Crippen LogP contribution in [0, 0.1) is 17.1 Å². The van der Waals surface area contributed by atoms with E-state index in [-0.39, 0.29) is 24.8 Å². The van der Waals surface area contributed by atoms with E-state index in [4.69, 9.17) is 10.00 Å². The Bertz CT molecular complexity index is 803. The second-order valence-electron chi connectivity index (χ2n) is 5.75. The second kappa shape index (κ2) is 7.77. The third kappa shape index (κ3) is 3.95. The maximum absolute atomic E-state index is 14.0. The lowest BCUT2D eigenvalue weighted by atomic mass is 10.1. The monoisotopic (exact) mass is 339 g/mol. The number of morpholine rings is 1. The molecule has 1 heterocycles. The number of urea groups is 1. The SMILES string of the molecule is N#CCc1ccccc1NC(=O)N1CCOC(c2ccccc2F)C1. The number of benzene rings is 2. The second-order valence-corrected chi connectivity index (χ2v) is 5.75. The number of hydrogen-bond donors (Lipinski definition) is 1. The molecule has 25 heavy (non-hydrogen) atoms. The van der Waals surface area contributed by atoms with E-state index in [1.807, 2.05) is 6.07 Å². The molecule has 0 aromatic heterocycles. The Balaban J connectivity index is 1.71. The molecule has 1 aliphatic heterocycles. The molecule has 128 valence electrons. The van der Waals surface area contributed by atoms with Gasteiger partial charge in [0, 0.05) is 17.8 Å². The molecular formula is C19H18FN3O2. The number of amides is 2. The molecule has 1 saturated heterocycles. The number of carbonyl (C=O) groups is 1. The molecule has 1 aliphatic rings. The lowest BCUT2D eigenvalue weighted by Gasteiger charge is -2.33. The number of carbonyl (C=O) groups excluding carboxylic acids is 1. The number of anilines is 1. The van der Waals surface area contributed by atoms with Crippen molar-refractivity contribution >= 4 is 11.7 Å².